The highest BCUT2D eigenvalue weighted by Gasteiger charge is 2.28. The molecule has 1 atom stereocenters. The molecule has 36 heavy (non-hydrogen) atoms. The fourth-order valence-electron chi connectivity index (χ4n) is 3.98. The van der Waals surface area contributed by atoms with E-state index in [9.17, 15) is 9.90 Å². The van der Waals surface area contributed by atoms with Crippen LogP contribution in [0.1, 0.15) is 48.8 Å². The zero-order valence-electron chi connectivity index (χ0n) is 20.9. The Bertz CT molecular complexity index is 1270. The van der Waals surface area contributed by atoms with E-state index in [0.717, 1.165) is 41.6 Å². The van der Waals surface area contributed by atoms with Crippen molar-refractivity contribution in [3.05, 3.63) is 108 Å². The monoisotopic (exact) mass is 499 g/mol. The van der Waals surface area contributed by atoms with E-state index in [2.05, 4.69) is 53.5 Å². The maximum absolute atomic E-state index is 11.6. The average Bonchev–Trinajstić information content (AvgIpc) is 2.90. The number of thioether (sulfide) groups is 1. The van der Waals surface area contributed by atoms with Gasteiger partial charge in [0, 0.05) is 16.4 Å². The molecule has 0 saturated carbocycles. The number of rotatable bonds is 12. The van der Waals surface area contributed by atoms with Gasteiger partial charge in [0.05, 0.1) is 16.6 Å². The summed E-state index contributed by atoms with van der Waals surface area (Å²) in [5.74, 6) is 0.598. The van der Waals surface area contributed by atoms with Crippen LogP contribution >= 0.6 is 11.8 Å². The van der Waals surface area contributed by atoms with E-state index in [1.54, 1.807) is 25.6 Å². The average molecular weight is 500 g/mol. The normalized spacial score (nSPS) is 12.4. The molecule has 0 amide bonds. The quantitative estimate of drug-likeness (QED) is 0.216. The van der Waals surface area contributed by atoms with Crippen LogP contribution < -0.4 is 4.74 Å². The van der Waals surface area contributed by atoms with Crippen molar-refractivity contribution in [2.45, 2.75) is 45.0 Å². The van der Waals surface area contributed by atoms with Crippen LogP contribution in [0.5, 0.6) is 5.75 Å². The lowest BCUT2D eigenvalue weighted by Gasteiger charge is -2.24. The number of hydrogen-bond acceptors (Lipinski definition) is 4. The molecule has 1 unspecified atom stereocenters. The molecule has 0 radical (unpaired) electrons. The van der Waals surface area contributed by atoms with Gasteiger partial charge in [-0.3, -0.25) is 4.79 Å². The summed E-state index contributed by atoms with van der Waals surface area (Å²) in [6.45, 7) is 3.99. The SMILES string of the molecule is CC(C)(CSC(CCCc1ccccc1)c1ccc(OCc2ccc3ccccc3n2)cc1)C(=O)O. The van der Waals surface area contributed by atoms with E-state index in [0.29, 0.717) is 12.4 Å². The number of fused-ring (bicyclic) bond motifs is 1. The molecule has 1 N–H and O–H groups in total. The minimum absolute atomic E-state index is 0.226. The highest BCUT2D eigenvalue weighted by atomic mass is 32.2. The Morgan fingerprint density at radius 3 is 2.42 bits per heavy atom. The van der Waals surface area contributed by atoms with Gasteiger partial charge in [-0.2, -0.15) is 11.8 Å². The summed E-state index contributed by atoms with van der Waals surface area (Å²) < 4.78 is 6.01. The Morgan fingerprint density at radius 1 is 0.944 bits per heavy atom. The van der Waals surface area contributed by atoms with Crippen molar-refractivity contribution in [3.8, 4) is 5.75 Å². The molecule has 1 heterocycles. The lowest BCUT2D eigenvalue weighted by molar-refractivity contribution is -0.145. The number of carboxylic acids is 1. The summed E-state index contributed by atoms with van der Waals surface area (Å²) in [7, 11) is 0. The third-order valence-electron chi connectivity index (χ3n) is 6.29. The Balaban J connectivity index is 1.39. The molecule has 4 nitrogen and oxygen atoms in total. The fraction of sp³-hybridized carbons (Fsp3) is 0.290. The molecular formula is C31H33NO3S. The van der Waals surface area contributed by atoms with Gasteiger partial charge < -0.3 is 9.84 Å². The number of aromatic nitrogens is 1. The highest BCUT2D eigenvalue weighted by molar-refractivity contribution is 7.99. The van der Waals surface area contributed by atoms with Crippen LogP contribution in [0.2, 0.25) is 0 Å². The summed E-state index contributed by atoms with van der Waals surface area (Å²) in [6, 6.07) is 30.9. The number of ether oxygens (including phenoxy) is 1. The van der Waals surface area contributed by atoms with Crippen LogP contribution in [0, 0.1) is 5.41 Å². The smallest absolute Gasteiger partial charge is 0.309 e. The molecule has 5 heteroatoms. The Morgan fingerprint density at radius 2 is 1.67 bits per heavy atom. The largest absolute Gasteiger partial charge is 0.487 e. The number of nitrogens with zero attached hydrogens (tertiary/aromatic N) is 1. The first-order chi connectivity index (χ1) is 17.4. The van der Waals surface area contributed by atoms with Crippen LogP contribution in [-0.4, -0.2) is 21.8 Å². The molecule has 3 aromatic carbocycles. The van der Waals surface area contributed by atoms with Crippen LogP contribution in [-0.2, 0) is 17.8 Å². The van der Waals surface area contributed by atoms with E-state index in [1.165, 1.54) is 11.1 Å². The summed E-state index contributed by atoms with van der Waals surface area (Å²) >= 11 is 1.73. The maximum atomic E-state index is 11.6. The predicted molar refractivity (Wildman–Crippen MR) is 149 cm³/mol. The van der Waals surface area contributed by atoms with Gasteiger partial charge in [-0.25, -0.2) is 4.98 Å². The second kappa shape index (κ2) is 12.1. The number of aryl methyl sites for hydroxylation is 1. The molecular weight excluding hydrogens is 466 g/mol. The van der Waals surface area contributed by atoms with Gasteiger partial charge in [0.15, 0.2) is 0 Å². The first-order valence-corrected chi connectivity index (χ1v) is 13.4. The summed E-state index contributed by atoms with van der Waals surface area (Å²) in [4.78, 5) is 16.3. The first-order valence-electron chi connectivity index (χ1n) is 12.4. The summed E-state index contributed by atoms with van der Waals surface area (Å²) in [6.07, 6.45) is 3.04. The van der Waals surface area contributed by atoms with Crippen molar-refractivity contribution in [3.63, 3.8) is 0 Å². The van der Waals surface area contributed by atoms with E-state index in [1.807, 2.05) is 42.5 Å². The maximum Gasteiger partial charge on any atom is 0.309 e. The molecule has 0 spiro atoms. The lowest BCUT2D eigenvalue weighted by atomic mass is 9.97. The summed E-state index contributed by atoms with van der Waals surface area (Å²) in [5, 5.41) is 10.9. The van der Waals surface area contributed by atoms with Crippen molar-refractivity contribution in [1.82, 2.24) is 4.98 Å². The van der Waals surface area contributed by atoms with E-state index in [4.69, 9.17) is 4.74 Å². The second-order valence-electron chi connectivity index (χ2n) is 9.72. The number of aliphatic carboxylic acids is 1. The molecule has 0 fully saturated rings. The molecule has 186 valence electrons. The van der Waals surface area contributed by atoms with Gasteiger partial charge in [-0.15, -0.1) is 0 Å². The number of para-hydroxylation sites is 1. The number of carboxylic acid groups (broad SMARTS) is 1. The fourth-order valence-corrected chi connectivity index (χ4v) is 5.40. The second-order valence-corrected chi connectivity index (χ2v) is 10.9. The van der Waals surface area contributed by atoms with Gasteiger partial charge in [-0.1, -0.05) is 66.7 Å². The zero-order valence-corrected chi connectivity index (χ0v) is 21.7. The van der Waals surface area contributed by atoms with E-state index < -0.39 is 11.4 Å². The van der Waals surface area contributed by atoms with Crippen molar-refractivity contribution >= 4 is 28.6 Å². The third kappa shape index (κ3) is 7.11. The molecule has 4 rings (SSSR count). The van der Waals surface area contributed by atoms with Crippen molar-refractivity contribution < 1.29 is 14.6 Å². The van der Waals surface area contributed by atoms with Crippen molar-refractivity contribution in [1.29, 1.82) is 0 Å². The van der Waals surface area contributed by atoms with Gasteiger partial charge in [0.2, 0.25) is 0 Å². The molecule has 0 aliphatic carbocycles. The van der Waals surface area contributed by atoms with Crippen LogP contribution in [0.3, 0.4) is 0 Å². The van der Waals surface area contributed by atoms with Gasteiger partial charge in [0.1, 0.15) is 12.4 Å². The third-order valence-corrected chi connectivity index (χ3v) is 8.09. The van der Waals surface area contributed by atoms with Crippen molar-refractivity contribution in [2.24, 2.45) is 5.41 Å². The number of pyridine rings is 1. The topological polar surface area (TPSA) is 59.4 Å². The number of benzene rings is 3. The summed E-state index contributed by atoms with van der Waals surface area (Å²) in [5.41, 5.74) is 3.62. The molecule has 0 aliphatic heterocycles. The van der Waals surface area contributed by atoms with Crippen LogP contribution in [0.4, 0.5) is 0 Å². The lowest BCUT2D eigenvalue weighted by Crippen LogP contribution is -2.26. The van der Waals surface area contributed by atoms with Gasteiger partial charge >= 0.3 is 5.97 Å². The molecule has 0 bridgehead atoms. The zero-order chi connectivity index (χ0) is 25.4. The van der Waals surface area contributed by atoms with Gasteiger partial charge in [-0.05, 0) is 68.5 Å². The minimum Gasteiger partial charge on any atom is -0.487 e. The highest BCUT2D eigenvalue weighted by Crippen LogP contribution is 2.38. The Kier molecular flexibility index (Phi) is 8.65. The Hall–Kier alpha value is -3.31. The van der Waals surface area contributed by atoms with E-state index >= 15 is 0 Å². The molecule has 0 saturated heterocycles. The van der Waals surface area contributed by atoms with Gasteiger partial charge in [0.25, 0.3) is 0 Å². The Labute approximate surface area is 217 Å². The van der Waals surface area contributed by atoms with Crippen molar-refractivity contribution in [2.75, 3.05) is 5.75 Å². The predicted octanol–water partition coefficient (Wildman–Crippen LogP) is 7.72. The van der Waals surface area contributed by atoms with Crippen LogP contribution in [0.15, 0.2) is 91.0 Å². The van der Waals surface area contributed by atoms with Crippen LogP contribution in [0.25, 0.3) is 10.9 Å². The first kappa shape index (κ1) is 25.8. The van der Waals surface area contributed by atoms with E-state index in [-0.39, 0.29) is 5.25 Å². The number of carbonyl (C=O) groups is 1. The molecule has 0 aliphatic rings. The standard InChI is InChI=1S/C31H33NO3S/c1-31(2,30(33)34)22-36-29(14-8-11-23-9-4-3-5-10-23)25-16-19-27(20-17-25)35-21-26-18-15-24-12-6-7-13-28(24)32-26/h3-7,9-10,12-13,15-20,29H,8,11,14,21-22H2,1-2H3,(H,33,34). The molecule has 1 aromatic heterocycles. The minimum atomic E-state index is -0.766. The molecule has 4 aromatic rings. The number of hydrogen-bond donors (Lipinski definition) is 1.